The molecule has 1 unspecified atom stereocenters. The van der Waals surface area contributed by atoms with Gasteiger partial charge in [0.1, 0.15) is 0 Å². The number of sulfonamides is 1. The van der Waals surface area contributed by atoms with Crippen molar-refractivity contribution >= 4 is 21.6 Å². The summed E-state index contributed by atoms with van der Waals surface area (Å²) in [6.45, 7) is 4.79. The SMILES string of the molecule is CCN1CCCC1CNC(=O)c1cccc(NS(=O)(=O)c2ccccc2)c1. The Bertz CT molecular complexity index is 884. The van der Waals surface area contributed by atoms with Gasteiger partial charge in [-0.05, 0) is 56.3 Å². The Labute approximate surface area is 160 Å². The number of hydrogen-bond donors (Lipinski definition) is 2. The van der Waals surface area contributed by atoms with E-state index in [1.807, 2.05) is 0 Å². The predicted molar refractivity (Wildman–Crippen MR) is 106 cm³/mol. The highest BCUT2D eigenvalue weighted by Crippen LogP contribution is 2.18. The number of rotatable bonds is 7. The maximum Gasteiger partial charge on any atom is 0.261 e. The van der Waals surface area contributed by atoms with E-state index in [-0.39, 0.29) is 10.8 Å². The van der Waals surface area contributed by atoms with Crippen LogP contribution in [0.1, 0.15) is 30.1 Å². The van der Waals surface area contributed by atoms with Crippen LogP contribution in [0.15, 0.2) is 59.5 Å². The number of benzene rings is 2. The minimum atomic E-state index is -3.68. The molecule has 2 aromatic rings. The molecule has 0 bridgehead atoms. The lowest BCUT2D eigenvalue weighted by atomic mass is 10.1. The van der Waals surface area contributed by atoms with Gasteiger partial charge in [-0.25, -0.2) is 8.42 Å². The van der Waals surface area contributed by atoms with Crippen molar-refractivity contribution in [3.63, 3.8) is 0 Å². The average Bonchev–Trinajstić information content (AvgIpc) is 3.14. The molecule has 7 heteroatoms. The van der Waals surface area contributed by atoms with Crippen molar-refractivity contribution in [2.75, 3.05) is 24.4 Å². The summed E-state index contributed by atoms with van der Waals surface area (Å²) in [4.78, 5) is 15.0. The number of carbonyl (C=O) groups excluding carboxylic acids is 1. The quantitative estimate of drug-likeness (QED) is 0.766. The molecule has 1 fully saturated rings. The molecule has 1 aliphatic rings. The first-order chi connectivity index (χ1) is 13.0. The van der Waals surface area contributed by atoms with E-state index in [4.69, 9.17) is 0 Å². The summed E-state index contributed by atoms with van der Waals surface area (Å²) in [5.74, 6) is -0.196. The van der Waals surface area contributed by atoms with Crippen molar-refractivity contribution < 1.29 is 13.2 Å². The number of anilines is 1. The lowest BCUT2D eigenvalue weighted by molar-refractivity contribution is 0.0941. The predicted octanol–water partition coefficient (Wildman–Crippen LogP) is 2.70. The molecule has 1 aliphatic heterocycles. The highest BCUT2D eigenvalue weighted by atomic mass is 32.2. The fourth-order valence-corrected chi connectivity index (χ4v) is 4.46. The van der Waals surface area contributed by atoms with Gasteiger partial charge in [0, 0.05) is 23.8 Å². The molecule has 0 spiro atoms. The summed E-state index contributed by atoms with van der Waals surface area (Å²) in [6.07, 6.45) is 2.25. The van der Waals surface area contributed by atoms with Gasteiger partial charge < -0.3 is 5.32 Å². The zero-order valence-electron chi connectivity index (χ0n) is 15.4. The Balaban J connectivity index is 1.65. The smallest absolute Gasteiger partial charge is 0.261 e. The summed E-state index contributed by atoms with van der Waals surface area (Å²) in [5.41, 5.74) is 0.798. The third-order valence-electron chi connectivity index (χ3n) is 4.83. The van der Waals surface area contributed by atoms with Crippen LogP contribution in [0.3, 0.4) is 0 Å². The van der Waals surface area contributed by atoms with Gasteiger partial charge in [0.2, 0.25) is 0 Å². The summed E-state index contributed by atoms with van der Waals surface area (Å²) in [7, 11) is -3.68. The number of likely N-dealkylation sites (tertiary alicyclic amines) is 1. The molecule has 1 atom stereocenters. The average molecular weight is 388 g/mol. The van der Waals surface area contributed by atoms with E-state index in [0.717, 1.165) is 25.9 Å². The largest absolute Gasteiger partial charge is 0.350 e. The first-order valence-electron chi connectivity index (χ1n) is 9.20. The second kappa shape index (κ2) is 8.54. The topological polar surface area (TPSA) is 78.5 Å². The lowest BCUT2D eigenvalue weighted by Crippen LogP contribution is -2.40. The van der Waals surface area contributed by atoms with Crippen LogP contribution in [0.25, 0.3) is 0 Å². The van der Waals surface area contributed by atoms with Gasteiger partial charge in [0.05, 0.1) is 4.90 Å². The summed E-state index contributed by atoms with van der Waals surface area (Å²) in [5, 5.41) is 2.97. The van der Waals surface area contributed by atoms with Gasteiger partial charge in [-0.3, -0.25) is 14.4 Å². The van der Waals surface area contributed by atoms with Crippen LogP contribution in [0.4, 0.5) is 5.69 Å². The summed E-state index contributed by atoms with van der Waals surface area (Å²) >= 11 is 0. The van der Waals surface area contributed by atoms with Crippen LogP contribution in [0, 0.1) is 0 Å². The van der Waals surface area contributed by atoms with E-state index < -0.39 is 10.0 Å². The molecule has 2 N–H and O–H groups in total. The standard InChI is InChI=1S/C20H25N3O3S/c1-2-23-13-7-10-18(23)15-21-20(24)16-8-6-9-17(14-16)22-27(25,26)19-11-4-3-5-12-19/h3-6,8-9,11-12,14,18,22H,2,7,10,13,15H2,1H3,(H,21,24). The number of hydrogen-bond acceptors (Lipinski definition) is 4. The number of nitrogens with zero attached hydrogens (tertiary/aromatic N) is 1. The molecule has 0 radical (unpaired) electrons. The molecule has 3 rings (SSSR count). The Morgan fingerprint density at radius 2 is 1.93 bits per heavy atom. The Morgan fingerprint density at radius 3 is 2.67 bits per heavy atom. The summed E-state index contributed by atoms with van der Waals surface area (Å²) in [6, 6.07) is 15.1. The van der Waals surface area contributed by atoms with Gasteiger partial charge >= 0.3 is 0 Å². The van der Waals surface area contributed by atoms with Gasteiger partial charge in [-0.15, -0.1) is 0 Å². The van der Waals surface area contributed by atoms with Gasteiger partial charge in [-0.1, -0.05) is 31.2 Å². The van der Waals surface area contributed by atoms with Gasteiger partial charge in [0.25, 0.3) is 15.9 Å². The molecule has 6 nitrogen and oxygen atoms in total. The first kappa shape index (κ1) is 19.4. The van der Waals surface area contributed by atoms with Crippen molar-refractivity contribution in [2.45, 2.75) is 30.7 Å². The number of likely N-dealkylation sites (N-methyl/N-ethyl adjacent to an activating group) is 1. The normalized spacial score (nSPS) is 17.6. The van der Waals surface area contributed by atoms with Gasteiger partial charge in [-0.2, -0.15) is 0 Å². The van der Waals surface area contributed by atoms with E-state index in [1.165, 1.54) is 12.1 Å². The van der Waals surface area contributed by atoms with Crippen LogP contribution in [0.5, 0.6) is 0 Å². The molecule has 144 valence electrons. The zero-order valence-corrected chi connectivity index (χ0v) is 16.2. The van der Waals surface area contributed by atoms with Crippen LogP contribution >= 0.6 is 0 Å². The fourth-order valence-electron chi connectivity index (χ4n) is 3.39. The molecule has 0 saturated carbocycles. The fraction of sp³-hybridized carbons (Fsp3) is 0.350. The lowest BCUT2D eigenvalue weighted by Gasteiger charge is -2.22. The third-order valence-corrected chi connectivity index (χ3v) is 6.23. The van der Waals surface area contributed by atoms with Crippen molar-refractivity contribution in [1.29, 1.82) is 0 Å². The number of carbonyl (C=O) groups is 1. The zero-order chi connectivity index (χ0) is 19.3. The van der Waals surface area contributed by atoms with E-state index in [0.29, 0.717) is 23.8 Å². The van der Waals surface area contributed by atoms with Crippen LogP contribution in [0.2, 0.25) is 0 Å². The first-order valence-corrected chi connectivity index (χ1v) is 10.7. The number of nitrogens with one attached hydrogen (secondary N) is 2. The van der Waals surface area contributed by atoms with Crippen LogP contribution in [-0.4, -0.2) is 44.9 Å². The molecule has 0 aromatic heterocycles. The van der Waals surface area contributed by atoms with Gasteiger partial charge in [0.15, 0.2) is 0 Å². The second-order valence-corrected chi connectivity index (χ2v) is 8.32. The minimum Gasteiger partial charge on any atom is -0.350 e. The highest BCUT2D eigenvalue weighted by molar-refractivity contribution is 7.92. The molecule has 1 saturated heterocycles. The molecular weight excluding hydrogens is 362 g/mol. The minimum absolute atomic E-state index is 0.181. The van der Waals surface area contributed by atoms with Crippen LogP contribution in [-0.2, 0) is 10.0 Å². The van der Waals surface area contributed by atoms with Crippen molar-refractivity contribution in [3.8, 4) is 0 Å². The van der Waals surface area contributed by atoms with E-state index in [2.05, 4.69) is 21.9 Å². The van der Waals surface area contributed by atoms with Crippen molar-refractivity contribution in [2.24, 2.45) is 0 Å². The monoisotopic (exact) mass is 387 g/mol. The van der Waals surface area contributed by atoms with Crippen LogP contribution < -0.4 is 10.0 Å². The molecular formula is C20H25N3O3S. The Hall–Kier alpha value is -2.38. The molecule has 2 aromatic carbocycles. The Kier molecular flexibility index (Phi) is 6.13. The molecule has 0 aliphatic carbocycles. The van der Waals surface area contributed by atoms with E-state index in [1.54, 1.807) is 42.5 Å². The van der Waals surface area contributed by atoms with E-state index in [9.17, 15) is 13.2 Å². The van der Waals surface area contributed by atoms with Crippen molar-refractivity contribution in [1.82, 2.24) is 10.2 Å². The summed E-state index contributed by atoms with van der Waals surface area (Å²) < 4.78 is 27.4. The third kappa shape index (κ3) is 4.87. The molecule has 1 amide bonds. The highest BCUT2D eigenvalue weighted by Gasteiger charge is 2.23. The maximum atomic E-state index is 12.5. The maximum absolute atomic E-state index is 12.5. The Morgan fingerprint density at radius 1 is 1.15 bits per heavy atom. The number of amides is 1. The molecule has 1 heterocycles. The second-order valence-electron chi connectivity index (χ2n) is 6.63. The van der Waals surface area contributed by atoms with E-state index >= 15 is 0 Å². The molecule has 27 heavy (non-hydrogen) atoms. The van der Waals surface area contributed by atoms with Crippen molar-refractivity contribution in [3.05, 3.63) is 60.2 Å².